The quantitative estimate of drug-likeness (QED) is 0.0907. The average molecular weight is 601 g/mol. The fourth-order valence-corrected chi connectivity index (χ4v) is 4.29. The molecule has 13 heteroatoms. The smallest absolute Gasteiger partial charge is 0.387 e. The lowest BCUT2D eigenvalue weighted by molar-refractivity contribution is -0.403. The van der Waals surface area contributed by atoms with Gasteiger partial charge in [0.15, 0.2) is 17.3 Å². The van der Waals surface area contributed by atoms with E-state index < -0.39 is 41.4 Å². The summed E-state index contributed by atoms with van der Waals surface area (Å²) < 4.78 is 73.9. The van der Waals surface area contributed by atoms with E-state index in [2.05, 4.69) is 25.1 Å². The van der Waals surface area contributed by atoms with Crippen LogP contribution in [0.5, 0.6) is 11.5 Å². The number of nitrogens with zero attached hydrogens (tertiary/aromatic N) is 2. The molecule has 1 heterocycles. The van der Waals surface area contributed by atoms with Crippen molar-refractivity contribution in [1.29, 1.82) is 0 Å². The molecule has 0 spiro atoms. The van der Waals surface area contributed by atoms with Gasteiger partial charge < -0.3 is 20.1 Å². The van der Waals surface area contributed by atoms with Crippen molar-refractivity contribution in [2.75, 3.05) is 5.32 Å². The zero-order chi connectivity index (χ0) is 30.8. The van der Waals surface area contributed by atoms with Crippen molar-refractivity contribution >= 4 is 5.69 Å². The van der Waals surface area contributed by atoms with Gasteiger partial charge in [-0.3, -0.25) is 15.1 Å². The summed E-state index contributed by atoms with van der Waals surface area (Å²) in [5.41, 5.74) is 3.28. The molecule has 0 aliphatic heterocycles. The third-order valence-electron chi connectivity index (χ3n) is 6.21. The Bertz CT molecular complexity index is 1520. The van der Waals surface area contributed by atoms with Crippen LogP contribution >= 0.6 is 0 Å². The largest absolute Gasteiger partial charge is 0.431 e. The summed E-state index contributed by atoms with van der Waals surface area (Å²) in [6, 6.07) is 20.0. The second kappa shape index (κ2) is 14.6. The number of aromatic nitrogens is 1. The van der Waals surface area contributed by atoms with Crippen LogP contribution in [0.2, 0.25) is 0 Å². The topological polar surface area (TPSA) is 98.6 Å². The number of anilines is 1. The molecule has 0 radical (unpaired) electrons. The lowest BCUT2D eigenvalue weighted by Crippen LogP contribution is -2.20. The second-order valence-electron chi connectivity index (χ2n) is 9.13. The van der Waals surface area contributed by atoms with Crippen LogP contribution in [0, 0.1) is 15.9 Å². The van der Waals surface area contributed by atoms with Crippen molar-refractivity contribution < 1.29 is 36.3 Å². The number of halogens is 5. The van der Waals surface area contributed by atoms with E-state index in [0.29, 0.717) is 23.2 Å². The lowest BCUT2D eigenvalue weighted by Gasteiger charge is -2.21. The van der Waals surface area contributed by atoms with Gasteiger partial charge in [0, 0.05) is 30.5 Å². The zero-order valence-electron chi connectivity index (χ0n) is 22.3. The molecule has 0 saturated heterocycles. The van der Waals surface area contributed by atoms with Gasteiger partial charge in [-0.2, -0.15) is 17.6 Å². The highest BCUT2D eigenvalue weighted by molar-refractivity contribution is 5.52. The summed E-state index contributed by atoms with van der Waals surface area (Å²) in [7, 11) is 0. The summed E-state index contributed by atoms with van der Waals surface area (Å²) in [5.74, 6) is -1.83. The third-order valence-corrected chi connectivity index (χ3v) is 6.21. The Labute approximate surface area is 242 Å². The Kier molecular flexibility index (Phi) is 10.5. The van der Waals surface area contributed by atoms with E-state index in [4.69, 9.17) is 0 Å². The van der Waals surface area contributed by atoms with Crippen LogP contribution in [-0.2, 0) is 13.0 Å². The van der Waals surface area contributed by atoms with E-state index in [9.17, 15) is 32.1 Å². The van der Waals surface area contributed by atoms with E-state index >= 15 is 0 Å². The van der Waals surface area contributed by atoms with Crippen LogP contribution in [0.4, 0.5) is 27.6 Å². The molecule has 0 aliphatic carbocycles. The molecular formula is C30H25F5N4O4. The molecule has 8 nitrogen and oxygen atoms in total. The van der Waals surface area contributed by atoms with Gasteiger partial charge in [-0.05, 0) is 77.2 Å². The molecule has 0 bridgehead atoms. The molecule has 4 aromatic rings. The number of nitrogens with one attached hydrogen (secondary N) is 2. The highest BCUT2D eigenvalue weighted by atomic mass is 19.3. The van der Waals surface area contributed by atoms with Crippen molar-refractivity contribution in [3.8, 4) is 11.5 Å². The van der Waals surface area contributed by atoms with Crippen LogP contribution in [-0.4, -0.2) is 23.1 Å². The van der Waals surface area contributed by atoms with Crippen molar-refractivity contribution in [3.63, 3.8) is 0 Å². The van der Waals surface area contributed by atoms with E-state index in [1.165, 1.54) is 24.3 Å². The molecule has 0 saturated carbocycles. The van der Waals surface area contributed by atoms with Gasteiger partial charge in [0.2, 0.25) is 0 Å². The normalized spacial score (nSPS) is 12.2. The summed E-state index contributed by atoms with van der Waals surface area (Å²) in [5, 5.41) is 17.0. The number of hydrogen-bond donors (Lipinski definition) is 2. The molecule has 1 unspecified atom stereocenters. The molecule has 4 rings (SSSR count). The van der Waals surface area contributed by atoms with Crippen molar-refractivity contribution in [2.24, 2.45) is 0 Å². The maximum absolute atomic E-state index is 13.2. The van der Waals surface area contributed by atoms with Crippen molar-refractivity contribution in [3.05, 3.63) is 141 Å². The van der Waals surface area contributed by atoms with E-state index in [-0.39, 0.29) is 12.4 Å². The first-order valence-corrected chi connectivity index (χ1v) is 12.8. The zero-order valence-corrected chi connectivity index (χ0v) is 22.3. The molecule has 1 aromatic heterocycles. The summed E-state index contributed by atoms with van der Waals surface area (Å²) in [6.07, 6.45) is 4.36. The lowest BCUT2D eigenvalue weighted by atomic mass is 9.86. The molecule has 0 fully saturated rings. The number of pyridine rings is 1. The van der Waals surface area contributed by atoms with E-state index in [1.54, 1.807) is 60.9 Å². The first-order valence-electron chi connectivity index (χ1n) is 12.8. The number of ether oxygens (including phenoxy) is 2. The predicted molar refractivity (Wildman–Crippen MR) is 148 cm³/mol. The summed E-state index contributed by atoms with van der Waals surface area (Å²) in [4.78, 5) is 14.6. The number of hydrogen-bond acceptors (Lipinski definition) is 7. The standard InChI is InChI=1S/C30H25F5N4O4/c31-23-6-1-20(2-7-23)17-37-28(18-39(40)41)38-24-8-3-21(4-9-24)25(15-19-11-13-36-14-12-19)22-5-10-26(42-29(32)33)27(16-22)43-30(34)35/h1-14,16,18,25,29-30,37-38H,15,17H2/b28-18+. The fourth-order valence-electron chi connectivity index (χ4n) is 4.29. The Balaban J connectivity index is 1.60. The van der Waals surface area contributed by atoms with Gasteiger partial charge in [-0.15, -0.1) is 0 Å². The summed E-state index contributed by atoms with van der Waals surface area (Å²) >= 11 is 0. The highest BCUT2D eigenvalue weighted by Crippen LogP contribution is 2.37. The van der Waals surface area contributed by atoms with Crippen LogP contribution < -0.4 is 20.1 Å². The molecular weight excluding hydrogens is 575 g/mol. The molecule has 224 valence electrons. The molecule has 43 heavy (non-hydrogen) atoms. The Hall–Kier alpha value is -5.20. The second-order valence-corrected chi connectivity index (χ2v) is 9.13. The van der Waals surface area contributed by atoms with Crippen molar-refractivity contribution in [1.82, 2.24) is 10.3 Å². The first-order chi connectivity index (χ1) is 20.7. The molecule has 1 atom stereocenters. The van der Waals surface area contributed by atoms with Gasteiger partial charge in [-0.25, -0.2) is 4.39 Å². The SMILES string of the molecule is O=[N+]([O-])/C=C(\NCc1ccc(F)cc1)Nc1ccc(C(Cc2ccncc2)c2ccc(OC(F)F)c(OC(F)F)c2)cc1. The number of rotatable bonds is 14. The number of nitro groups is 1. The Morgan fingerprint density at radius 3 is 2.09 bits per heavy atom. The summed E-state index contributed by atoms with van der Waals surface area (Å²) in [6.45, 7) is -6.32. The Morgan fingerprint density at radius 2 is 1.47 bits per heavy atom. The maximum atomic E-state index is 13.2. The average Bonchev–Trinajstić information content (AvgIpc) is 2.97. The maximum Gasteiger partial charge on any atom is 0.387 e. The predicted octanol–water partition coefficient (Wildman–Crippen LogP) is 7.08. The minimum absolute atomic E-state index is 0.0822. The molecule has 0 amide bonds. The van der Waals surface area contributed by atoms with Gasteiger partial charge in [0.1, 0.15) is 5.82 Å². The minimum atomic E-state index is -3.27. The first kappa shape index (κ1) is 30.8. The van der Waals surface area contributed by atoms with Gasteiger partial charge in [0.25, 0.3) is 6.20 Å². The molecule has 2 N–H and O–H groups in total. The van der Waals surface area contributed by atoms with Crippen LogP contribution in [0.1, 0.15) is 28.2 Å². The minimum Gasteiger partial charge on any atom is -0.431 e. The van der Waals surface area contributed by atoms with Crippen LogP contribution in [0.25, 0.3) is 0 Å². The third kappa shape index (κ3) is 9.42. The number of alkyl halides is 4. The van der Waals surface area contributed by atoms with Gasteiger partial charge in [0.05, 0.1) is 4.92 Å². The monoisotopic (exact) mass is 600 g/mol. The molecule has 0 aliphatic rings. The highest BCUT2D eigenvalue weighted by Gasteiger charge is 2.21. The van der Waals surface area contributed by atoms with Crippen LogP contribution in [0.15, 0.2) is 103 Å². The fraction of sp³-hybridized carbons (Fsp3) is 0.167. The molecule has 3 aromatic carbocycles. The number of benzene rings is 3. The van der Waals surface area contributed by atoms with E-state index in [1.807, 2.05) is 0 Å². The van der Waals surface area contributed by atoms with Crippen molar-refractivity contribution in [2.45, 2.75) is 32.1 Å². The van der Waals surface area contributed by atoms with Gasteiger partial charge in [-0.1, -0.05) is 30.3 Å². The van der Waals surface area contributed by atoms with E-state index in [0.717, 1.165) is 23.4 Å². The van der Waals surface area contributed by atoms with Gasteiger partial charge >= 0.3 is 13.2 Å². The van der Waals surface area contributed by atoms with Crippen LogP contribution in [0.3, 0.4) is 0 Å². The Morgan fingerprint density at radius 1 is 0.837 bits per heavy atom.